The number of hydrogen-bond acceptors (Lipinski definition) is 4. The largest absolute Gasteiger partial charge is 0.495 e. The smallest absolute Gasteiger partial charge is 0.221 e. The van der Waals surface area contributed by atoms with Crippen molar-refractivity contribution in [2.24, 2.45) is 0 Å². The molecule has 0 aliphatic carbocycles. The van der Waals surface area contributed by atoms with Crippen molar-refractivity contribution >= 4 is 29.0 Å². The van der Waals surface area contributed by atoms with Gasteiger partial charge in [0.15, 0.2) is 0 Å². The Hall–Kier alpha value is -2.14. The fraction of sp³-hybridized carbons (Fsp3) is 0.235. The van der Waals surface area contributed by atoms with E-state index in [1.165, 1.54) is 11.8 Å². The molecule has 0 aromatic heterocycles. The van der Waals surface area contributed by atoms with E-state index in [-0.39, 0.29) is 5.91 Å². The summed E-state index contributed by atoms with van der Waals surface area (Å²) >= 11 is 1.79. The van der Waals surface area contributed by atoms with Crippen LogP contribution >= 0.6 is 11.8 Å². The summed E-state index contributed by atoms with van der Waals surface area (Å²) < 4.78 is 5.34. The first-order chi connectivity index (χ1) is 10.7. The maximum Gasteiger partial charge on any atom is 0.221 e. The van der Waals surface area contributed by atoms with Crippen LogP contribution in [-0.2, 0) is 4.79 Å². The van der Waals surface area contributed by atoms with E-state index in [4.69, 9.17) is 4.74 Å². The maximum atomic E-state index is 11.1. The Morgan fingerprint density at radius 1 is 1.18 bits per heavy atom. The molecule has 22 heavy (non-hydrogen) atoms. The highest BCUT2D eigenvalue weighted by atomic mass is 32.2. The van der Waals surface area contributed by atoms with Crippen molar-refractivity contribution in [3.63, 3.8) is 0 Å². The summed E-state index contributed by atoms with van der Waals surface area (Å²) in [4.78, 5) is 12.4. The number of carbonyl (C=O) groups excluding carboxylic acids is 1. The Morgan fingerprint density at radius 2 is 1.95 bits per heavy atom. The lowest BCUT2D eigenvalue weighted by Gasteiger charge is -2.13. The summed E-state index contributed by atoms with van der Waals surface area (Å²) in [6, 6.07) is 15.8. The summed E-state index contributed by atoms with van der Waals surface area (Å²) in [5.74, 6) is 1.62. The van der Waals surface area contributed by atoms with E-state index in [1.54, 1.807) is 18.9 Å². The molecule has 2 aromatic carbocycles. The van der Waals surface area contributed by atoms with Gasteiger partial charge in [0.05, 0.1) is 12.8 Å². The van der Waals surface area contributed by atoms with E-state index in [9.17, 15) is 4.79 Å². The number of carbonyl (C=O) groups is 1. The minimum absolute atomic E-state index is 0.0873. The zero-order chi connectivity index (χ0) is 15.8. The van der Waals surface area contributed by atoms with Gasteiger partial charge in [-0.15, -0.1) is 11.8 Å². The SMILES string of the molecule is COc1ccc(NC(C)=O)cc1NCCSc1ccccc1. The van der Waals surface area contributed by atoms with Crippen molar-refractivity contribution in [2.45, 2.75) is 11.8 Å². The summed E-state index contributed by atoms with van der Waals surface area (Å²) in [5, 5.41) is 6.12. The normalized spacial score (nSPS) is 10.1. The summed E-state index contributed by atoms with van der Waals surface area (Å²) in [5.41, 5.74) is 1.63. The Kier molecular flexibility index (Phi) is 6.15. The summed E-state index contributed by atoms with van der Waals surface area (Å²) in [6.45, 7) is 2.30. The lowest BCUT2D eigenvalue weighted by molar-refractivity contribution is -0.114. The van der Waals surface area contributed by atoms with Gasteiger partial charge in [0.1, 0.15) is 5.75 Å². The highest BCUT2D eigenvalue weighted by Gasteiger charge is 2.05. The third-order valence-electron chi connectivity index (χ3n) is 2.95. The number of anilines is 2. The van der Waals surface area contributed by atoms with E-state index in [0.717, 1.165) is 29.4 Å². The topological polar surface area (TPSA) is 50.4 Å². The van der Waals surface area contributed by atoms with Gasteiger partial charge in [-0.05, 0) is 30.3 Å². The molecule has 1 amide bonds. The van der Waals surface area contributed by atoms with E-state index >= 15 is 0 Å². The summed E-state index contributed by atoms with van der Waals surface area (Å²) in [6.07, 6.45) is 0. The third-order valence-corrected chi connectivity index (χ3v) is 3.96. The average molecular weight is 316 g/mol. The van der Waals surface area contributed by atoms with Crippen molar-refractivity contribution in [3.8, 4) is 5.75 Å². The molecule has 0 aliphatic rings. The summed E-state index contributed by atoms with van der Waals surface area (Å²) in [7, 11) is 1.64. The van der Waals surface area contributed by atoms with Crippen LogP contribution in [0.3, 0.4) is 0 Å². The fourth-order valence-electron chi connectivity index (χ4n) is 2.00. The van der Waals surface area contributed by atoms with Crippen LogP contribution in [0.1, 0.15) is 6.92 Å². The Morgan fingerprint density at radius 3 is 2.64 bits per heavy atom. The van der Waals surface area contributed by atoms with Crippen molar-refractivity contribution in [1.29, 1.82) is 0 Å². The van der Waals surface area contributed by atoms with Crippen LogP contribution in [0.2, 0.25) is 0 Å². The molecule has 4 nitrogen and oxygen atoms in total. The molecule has 0 bridgehead atoms. The predicted octanol–water partition coefficient (Wildman–Crippen LogP) is 3.86. The zero-order valence-corrected chi connectivity index (χ0v) is 13.6. The van der Waals surface area contributed by atoms with Crippen LogP contribution in [0.15, 0.2) is 53.4 Å². The van der Waals surface area contributed by atoms with E-state index < -0.39 is 0 Å². The number of methoxy groups -OCH3 is 1. The molecular formula is C17H20N2O2S. The third kappa shape index (κ3) is 5.00. The molecule has 0 fully saturated rings. The van der Waals surface area contributed by atoms with Gasteiger partial charge in [0.25, 0.3) is 0 Å². The molecule has 0 aliphatic heterocycles. The Balaban J connectivity index is 1.91. The zero-order valence-electron chi connectivity index (χ0n) is 12.8. The van der Waals surface area contributed by atoms with Crippen LogP contribution in [0, 0.1) is 0 Å². The maximum absolute atomic E-state index is 11.1. The Labute approximate surface area is 135 Å². The standard InChI is InChI=1S/C17H20N2O2S/c1-13(20)19-14-8-9-17(21-2)16(12-14)18-10-11-22-15-6-4-3-5-7-15/h3-9,12,18H,10-11H2,1-2H3,(H,19,20). The number of benzene rings is 2. The molecular weight excluding hydrogens is 296 g/mol. The van der Waals surface area contributed by atoms with Gasteiger partial charge < -0.3 is 15.4 Å². The van der Waals surface area contributed by atoms with Crippen molar-refractivity contribution in [3.05, 3.63) is 48.5 Å². The molecule has 0 saturated heterocycles. The number of nitrogens with one attached hydrogen (secondary N) is 2. The number of hydrogen-bond donors (Lipinski definition) is 2. The van der Waals surface area contributed by atoms with Crippen LogP contribution in [0.4, 0.5) is 11.4 Å². The van der Waals surface area contributed by atoms with Crippen LogP contribution in [0.5, 0.6) is 5.75 Å². The second-order valence-corrected chi connectivity index (χ2v) is 5.85. The van der Waals surface area contributed by atoms with Gasteiger partial charge in [0, 0.05) is 29.8 Å². The molecule has 0 atom stereocenters. The van der Waals surface area contributed by atoms with Gasteiger partial charge >= 0.3 is 0 Å². The molecule has 2 N–H and O–H groups in total. The minimum Gasteiger partial charge on any atom is -0.495 e. The lowest BCUT2D eigenvalue weighted by Crippen LogP contribution is -2.08. The highest BCUT2D eigenvalue weighted by Crippen LogP contribution is 2.28. The second-order valence-electron chi connectivity index (χ2n) is 4.68. The van der Waals surface area contributed by atoms with Crippen LogP contribution in [0.25, 0.3) is 0 Å². The lowest BCUT2D eigenvalue weighted by atomic mass is 10.2. The predicted molar refractivity (Wildman–Crippen MR) is 93.0 cm³/mol. The van der Waals surface area contributed by atoms with Gasteiger partial charge in [-0.2, -0.15) is 0 Å². The average Bonchev–Trinajstić information content (AvgIpc) is 2.52. The number of amides is 1. The molecule has 0 heterocycles. The molecule has 0 saturated carbocycles. The molecule has 0 radical (unpaired) electrons. The number of thioether (sulfide) groups is 1. The van der Waals surface area contributed by atoms with Crippen LogP contribution in [-0.4, -0.2) is 25.3 Å². The van der Waals surface area contributed by atoms with Crippen molar-refractivity contribution in [2.75, 3.05) is 30.0 Å². The molecule has 0 spiro atoms. The van der Waals surface area contributed by atoms with Crippen molar-refractivity contribution < 1.29 is 9.53 Å². The first kappa shape index (κ1) is 16.2. The van der Waals surface area contributed by atoms with Crippen LogP contribution < -0.4 is 15.4 Å². The van der Waals surface area contributed by atoms with E-state index in [1.807, 2.05) is 36.4 Å². The quantitative estimate of drug-likeness (QED) is 0.601. The van der Waals surface area contributed by atoms with E-state index in [0.29, 0.717) is 0 Å². The molecule has 2 aromatic rings. The highest BCUT2D eigenvalue weighted by molar-refractivity contribution is 7.99. The fourth-order valence-corrected chi connectivity index (χ4v) is 2.79. The minimum atomic E-state index is -0.0873. The van der Waals surface area contributed by atoms with Gasteiger partial charge in [-0.25, -0.2) is 0 Å². The number of rotatable bonds is 7. The Bertz CT molecular complexity index is 617. The van der Waals surface area contributed by atoms with Crippen molar-refractivity contribution in [1.82, 2.24) is 0 Å². The van der Waals surface area contributed by atoms with Gasteiger partial charge in [-0.3, -0.25) is 4.79 Å². The molecule has 5 heteroatoms. The molecule has 116 valence electrons. The monoisotopic (exact) mass is 316 g/mol. The molecule has 2 rings (SSSR count). The van der Waals surface area contributed by atoms with Gasteiger partial charge in [0.2, 0.25) is 5.91 Å². The molecule has 0 unspecified atom stereocenters. The first-order valence-electron chi connectivity index (χ1n) is 7.06. The second kappa shape index (κ2) is 8.34. The van der Waals surface area contributed by atoms with Gasteiger partial charge in [-0.1, -0.05) is 18.2 Å². The number of ether oxygens (including phenoxy) is 1. The van der Waals surface area contributed by atoms with E-state index in [2.05, 4.69) is 22.8 Å². The first-order valence-corrected chi connectivity index (χ1v) is 8.05.